The van der Waals surface area contributed by atoms with Crippen molar-refractivity contribution in [2.45, 2.75) is 17.7 Å². The average Bonchev–Trinajstić information content (AvgIpc) is 2.65. The van der Waals surface area contributed by atoms with E-state index in [2.05, 4.69) is 16.0 Å². The fraction of sp³-hybridized carbons (Fsp3) is 0.211. The maximum absolute atomic E-state index is 12.3. The molecule has 0 spiro atoms. The number of rotatable bonds is 7. The second-order valence-corrected chi connectivity index (χ2v) is 7.35. The third-order valence-corrected chi connectivity index (χ3v) is 5.11. The van der Waals surface area contributed by atoms with E-state index in [1.807, 2.05) is 37.3 Å². The molecule has 5 nitrogen and oxygen atoms in total. The maximum atomic E-state index is 12.3. The van der Waals surface area contributed by atoms with E-state index in [-0.39, 0.29) is 28.8 Å². The van der Waals surface area contributed by atoms with Crippen molar-refractivity contribution in [3.63, 3.8) is 0 Å². The van der Waals surface area contributed by atoms with E-state index in [0.29, 0.717) is 6.54 Å². The number of carbonyl (C=O) groups excluding carboxylic acids is 1. The predicted octanol–water partition coefficient (Wildman–Crippen LogP) is 2.13. The fourth-order valence-electron chi connectivity index (χ4n) is 2.27. The smallest absolute Gasteiger partial charge is 0.251 e. The van der Waals surface area contributed by atoms with Crippen LogP contribution in [0.1, 0.15) is 28.8 Å². The van der Waals surface area contributed by atoms with Crippen LogP contribution in [-0.2, 0) is 10.0 Å². The van der Waals surface area contributed by atoms with Crippen LogP contribution in [0.2, 0.25) is 0 Å². The molecule has 2 aromatic carbocycles. The number of sulfonamides is 1. The molecule has 0 aromatic heterocycles. The van der Waals surface area contributed by atoms with Crippen molar-refractivity contribution in [2.75, 3.05) is 13.1 Å². The largest absolute Gasteiger partial charge is 0.351 e. The molecule has 2 rings (SSSR count). The Labute approximate surface area is 148 Å². The molecule has 0 heterocycles. The van der Waals surface area contributed by atoms with Gasteiger partial charge in [-0.2, -0.15) is 4.72 Å². The molecule has 130 valence electrons. The number of hydrogen-bond donors (Lipinski definition) is 2. The van der Waals surface area contributed by atoms with Crippen LogP contribution in [0.5, 0.6) is 0 Å². The lowest BCUT2D eigenvalue weighted by molar-refractivity contribution is 0.0951. The second-order valence-electron chi connectivity index (χ2n) is 5.58. The quantitative estimate of drug-likeness (QED) is 0.746. The number of benzene rings is 2. The second kappa shape index (κ2) is 8.47. The number of carbonyl (C=O) groups is 1. The Morgan fingerprint density at radius 1 is 1.16 bits per heavy atom. The minimum atomic E-state index is -3.73. The van der Waals surface area contributed by atoms with Gasteiger partial charge in [0.25, 0.3) is 5.91 Å². The van der Waals surface area contributed by atoms with Crippen molar-refractivity contribution in [3.8, 4) is 12.3 Å². The van der Waals surface area contributed by atoms with Crippen molar-refractivity contribution in [2.24, 2.45) is 0 Å². The van der Waals surface area contributed by atoms with Gasteiger partial charge < -0.3 is 5.32 Å². The molecule has 6 heteroatoms. The van der Waals surface area contributed by atoms with Gasteiger partial charge in [-0.15, -0.1) is 6.42 Å². The maximum Gasteiger partial charge on any atom is 0.251 e. The molecule has 0 aliphatic carbocycles. The molecule has 0 aliphatic rings. The predicted molar refractivity (Wildman–Crippen MR) is 97.7 cm³/mol. The van der Waals surface area contributed by atoms with Crippen molar-refractivity contribution < 1.29 is 13.2 Å². The first-order valence-electron chi connectivity index (χ1n) is 7.80. The van der Waals surface area contributed by atoms with Gasteiger partial charge in [-0.25, -0.2) is 8.42 Å². The van der Waals surface area contributed by atoms with Gasteiger partial charge in [-0.05, 0) is 29.7 Å². The van der Waals surface area contributed by atoms with E-state index < -0.39 is 10.0 Å². The summed E-state index contributed by atoms with van der Waals surface area (Å²) in [6.07, 6.45) is 5.07. The SMILES string of the molecule is C#CCNS(=O)(=O)c1cccc(C(=O)NCC(C)c2ccccc2)c1. The van der Waals surface area contributed by atoms with Crippen LogP contribution in [-0.4, -0.2) is 27.4 Å². The van der Waals surface area contributed by atoms with E-state index in [0.717, 1.165) is 5.56 Å². The van der Waals surface area contributed by atoms with E-state index in [9.17, 15) is 13.2 Å². The molecule has 0 saturated carbocycles. The Kier molecular flexibility index (Phi) is 6.34. The van der Waals surface area contributed by atoms with Crippen molar-refractivity contribution in [1.82, 2.24) is 10.0 Å². The van der Waals surface area contributed by atoms with Gasteiger partial charge in [-0.1, -0.05) is 49.2 Å². The number of amides is 1. The topological polar surface area (TPSA) is 75.3 Å². The van der Waals surface area contributed by atoms with Crippen molar-refractivity contribution in [3.05, 3.63) is 65.7 Å². The highest BCUT2D eigenvalue weighted by atomic mass is 32.2. The summed E-state index contributed by atoms with van der Waals surface area (Å²) in [6.45, 7) is 2.36. The molecular formula is C19H20N2O3S. The van der Waals surface area contributed by atoms with E-state index in [1.54, 1.807) is 6.07 Å². The molecule has 0 saturated heterocycles. The number of terminal acetylenes is 1. The summed E-state index contributed by atoms with van der Waals surface area (Å²) in [6, 6.07) is 15.7. The highest BCUT2D eigenvalue weighted by molar-refractivity contribution is 7.89. The summed E-state index contributed by atoms with van der Waals surface area (Å²) in [4.78, 5) is 12.3. The summed E-state index contributed by atoms with van der Waals surface area (Å²) in [5.41, 5.74) is 1.40. The highest BCUT2D eigenvalue weighted by Crippen LogP contribution is 2.14. The first-order chi connectivity index (χ1) is 11.9. The van der Waals surface area contributed by atoms with Crippen LogP contribution in [0.4, 0.5) is 0 Å². The number of hydrogen-bond acceptors (Lipinski definition) is 3. The lowest BCUT2D eigenvalue weighted by Gasteiger charge is -2.13. The zero-order chi connectivity index (χ0) is 18.3. The van der Waals surface area contributed by atoms with E-state index in [4.69, 9.17) is 6.42 Å². The van der Waals surface area contributed by atoms with Gasteiger partial charge in [0.2, 0.25) is 10.0 Å². The first kappa shape index (κ1) is 18.7. The normalized spacial score (nSPS) is 12.2. The molecule has 0 aliphatic heterocycles. The molecule has 1 atom stereocenters. The molecule has 2 aromatic rings. The van der Waals surface area contributed by atoms with Crippen LogP contribution < -0.4 is 10.0 Å². The Hall–Kier alpha value is -2.62. The lowest BCUT2D eigenvalue weighted by atomic mass is 10.0. The summed E-state index contributed by atoms with van der Waals surface area (Å²) >= 11 is 0. The Morgan fingerprint density at radius 2 is 1.88 bits per heavy atom. The summed E-state index contributed by atoms with van der Waals surface area (Å²) < 4.78 is 26.4. The van der Waals surface area contributed by atoms with E-state index >= 15 is 0 Å². The zero-order valence-electron chi connectivity index (χ0n) is 13.9. The molecule has 0 fully saturated rings. The van der Waals surface area contributed by atoms with E-state index in [1.165, 1.54) is 18.2 Å². The molecule has 0 radical (unpaired) electrons. The number of nitrogens with one attached hydrogen (secondary N) is 2. The molecule has 2 N–H and O–H groups in total. The molecule has 0 bridgehead atoms. The lowest BCUT2D eigenvalue weighted by Crippen LogP contribution is -2.28. The molecule has 1 amide bonds. The summed E-state index contributed by atoms with van der Waals surface area (Å²) in [5, 5.41) is 2.83. The van der Waals surface area contributed by atoms with Gasteiger partial charge >= 0.3 is 0 Å². The third-order valence-electron chi connectivity index (χ3n) is 3.71. The third kappa shape index (κ3) is 5.18. The van der Waals surface area contributed by atoms with Gasteiger partial charge in [-0.3, -0.25) is 4.79 Å². The Balaban J connectivity index is 2.05. The summed E-state index contributed by atoms with van der Waals surface area (Å²) in [5.74, 6) is 2.03. The van der Waals surface area contributed by atoms with Crippen LogP contribution in [0.25, 0.3) is 0 Å². The molecular weight excluding hydrogens is 336 g/mol. The monoisotopic (exact) mass is 356 g/mol. The fourth-order valence-corrected chi connectivity index (χ4v) is 3.25. The highest BCUT2D eigenvalue weighted by Gasteiger charge is 2.16. The van der Waals surface area contributed by atoms with Crippen molar-refractivity contribution >= 4 is 15.9 Å². The van der Waals surface area contributed by atoms with Crippen LogP contribution in [0, 0.1) is 12.3 Å². The van der Waals surface area contributed by atoms with Crippen LogP contribution >= 0.6 is 0 Å². The summed E-state index contributed by atoms with van der Waals surface area (Å²) in [7, 11) is -3.73. The minimum absolute atomic E-state index is 0.00603. The molecule has 1 unspecified atom stereocenters. The van der Waals surface area contributed by atoms with Gasteiger partial charge in [0, 0.05) is 12.1 Å². The van der Waals surface area contributed by atoms with Crippen LogP contribution in [0.3, 0.4) is 0 Å². The Morgan fingerprint density at radius 3 is 2.56 bits per heavy atom. The van der Waals surface area contributed by atoms with Gasteiger partial charge in [0.15, 0.2) is 0 Å². The zero-order valence-corrected chi connectivity index (χ0v) is 14.7. The van der Waals surface area contributed by atoms with Gasteiger partial charge in [0.1, 0.15) is 0 Å². The van der Waals surface area contributed by atoms with Crippen molar-refractivity contribution in [1.29, 1.82) is 0 Å². The molecule has 25 heavy (non-hydrogen) atoms. The van der Waals surface area contributed by atoms with Crippen LogP contribution in [0.15, 0.2) is 59.5 Å². The first-order valence-corrected chi connectivity index (χ1v) is 9.28. The Bertz CT molecular complexity index is 871. The minimum Gasteiger partial charge on any atom is -0.351 e. The van der Waals surface area contributed by atoms with Gasteiger partial charge in [0.05, 0.1) is 11.4 Å². The standard InChI is InChI=1S/C19H20N2O3S/c1-3-12-21-25(23,24)18-11-7-10-17(13-18)19(22)20-14-15(2)16-8-5-4-6-9-16/h1,4-11,13,15,21H,12,14H2,2H3,(H,20,22). The average molecular weight is 356 g/mol.